The molecule has 8 aromatic carbocycles. The number of benzene rings is 8. The van der Waals surface area contributed by atoms with Gasteiger partial charge in [-0.2, -0.15) is 0 Å². The van der Waals surface area contributed by atoms with E-state index in [4.69, 9.17) is 4.42 Å². The number of allylic oxidation sites excluding steroid dienone is 5. The number of furan rings is 1. The number of hydrogen-bond acceptors (Lipinski definition) is 1. The first-order valence-corrected chi connectivity index (χ1v) is 19.1. The van der Waals surface area contributed by atoms with Gasteiger partial charge in [-0.25, -0.2) is 0 Å². The van der Waals surface area contributed by atoms with Gasteiger partial charge in [-0.3, -0.25) is 0 Å². The molecule has 9 aromatic rings. The topological polar surface area (TPSA) is 13.1 Å². The minimum atomic E-state index is 0.205. The second-order valence-electron chi connectivity index (χ2n) is 14.9. The summed E-state index contributed by atoms with van der Waals surface area (Å²) in [6.45, 7) is 0. The summed E-state index contributed by atoms with van der Waals surface area (Å²) >= 11 is 0. The largest absolute Gasteiger partial charge is 0.456 e. The summed E-state index contributed by atoms with van der Waals surface area (Å²) in [5.41, 5.74) is 14.4. The van der Waals surface area contributed by atoms with Gasteiger partial charge in [0.2, 0.25) is 0 Å². The molecule has 2 atom stereocenters. The zero-order valence-corrected chi connectivity index (χ0v) is 30.2. The van der Waals surface area contributed by atoms with Crippen LogP contribution >= 0.6 is 0 Å². The van der Waals surface area contributed by atoms with E-state index in [0.29, 0.717) is 0 Å². The van der Waals surface area contributed by atoms with E-state index in [0.717, 1.165) is 11.3 Å². The third-order valence-corrected chi connectivity index (χ3v) is 11.6. The highest BCUT2D eigenvalue weighted by molar-refractivity contribution is 5.98. The zero-order chi connectivity index (χ0) is 36.3. The Bertz CT molecular complexity index is 3030. The van der Waals surface area contributed by atoms with Crippen molar-refractivity contribution in [3.05, 3.63) is 217 Å². The Morgan fingerprint density at radius 1 is 0.345 bits per heavy atom. The van der Waals surface area contributed by atoms with Crippen LogP contribution in [0.4, 0.5) is 0 Å². The highest BCUT2D eigenvalue weighted by Gasteiger charge is 2.34. The summed E-state index contributed by atoms with van der Waals surface area (Å²) < 4.78 is 6.65. The first-order valence-electron chi connectivity index (χ1n) is 19.1. The number of fused-ring (bicyclic) bond motifs is 7. The SMILES string of the molecule is C1=CC2C(c3ccccc3)=Cc3oc4ccc(-c5cc(-c6ccc7ccccc7c6)cc(-c6ccc7cc(-c8ccccc8)ccc7c6)c5)cc4c3C2C=C1. The Morgan fingerprint density at radius 3 is 1.49 bits per heavy atom. The standard InChI is InChI=1S/C54H36O/c1-3-11-35(12-4-1)39-21-22-41-29-43(24-23-40(41)28-39)46-30-45(42-20-19-36-13-7-8-16-38(36)27-42)31-47(32-46)44-25-26-52-51(33-44)54-49-18-10-9-17-48(49)50(34-53(54)55-52)37-14-5-2-6-15-37/h1-34,48-49H. The third-order valence-electron chi connectivity index (χ3n) is 11.6. The maximum Gasteiger partial charge on any atom is 0.135 e. The van der Waals surface area contributed by atoms with E-state index in [9.17, 15) is 0 Å². The van der Waals surface area contributed by atoms with Crippen LogP contribution in [0.25, 0.3) is 88.7 Å². The molecule has 1 heteroatoms. The van der Waals surface area contributed by atoms with Crippen LogP contribution in [0.5, 0.6) is 0 Å². The summed E-state index contributed by atoms with van der Waals surface area (Å²) in [7, 11) is 0. The van der Waals surface area contributed by atoms with Gasteiger partial charge in [0.05, 0.1) is 0 Å². The predicted octanol–water partition coefficient (Wildman–Crippen LogP) is 14.8. The smallest absolute Gasteiger partial charge is 0.135 e. The van der Waals surface area contributed by atoms with E-state index in [2.05, 4.69) is 206 Å². The number of rotatable bonds is 5. The van der Waals surface area contributed by atoms with Crippen molar-refractivity contribution in [2.45, 2.75) is 5.92 Å². The molecule has 0 fully saturated rings. The Hall–Kier alpha value is -6.96. The third kappa shape index (κ3) is 5.56. The van der Waals surface area contributed by atoms with Crippen LogP contribution in [-0.4, -0.2) is 0 Å². The highest BCUT2D eigenvalue weighted by atomic mass is 16.3. The fourth-order valence-corrected chi connectivity index (χ4v) is 8.82. The van der Waals surface area contributed by atoms with Gasteiger partial charge >= 0.3 is 0 Å². The molecule has 1 heterocycles. The van der Waals surface area contributed by atoms with Crippen molar-refractivity contribution in [1.82, 2.24) is 0 Å². The molecule has 0 spiro atoms. The summed E-state index contributed by atoms with van der Waals surface area (Å²) in [5.74, 6) is 1.42. The molecule has 11 rings (SSSR count). The molecule has 0 saturated carbocycles. The van der Waals surface area contributed by atoms with Crippen LogP contribution in [0.2, 0.25) is 0 Å². The molecule has 2 aliphatic carbocycles. The maximum absolute atomic E-state index is 6.65. The van der Waals surface area contributed by atoms with Crippen molar-refractivity contribution < 1.29 is 4.42 Å². The van der Waals surface area contributed by atoms with Crippen molar-refractivity contribution in [1.29, 1.82) is 0 Å². The van der Waals surface area contributed by atoms with Gasteiger partial charge < -0.3 is 4.42 Å². The second-order valence-corrected chi connectivity index (χ2v) is 14.9. The van der Waals surface area contributed by atoms with Gasteiger partial charge in [-0.15, -0.1) is 0 Å². The molecule has 2 unspecified atom stereocenters. The van der Waals surface area contributed by atoms with E-state index in [1.165, 1.54) is 88.1 Å². The highest BCUT2D eigenvalue weighted by Crippen LogP contribution is 2.50. The van der Waals surface area contributed by atoms with Gasteiger partial charge in [0.25, 0.3) is 0 Å². The first-order chi connectivity index (χ1) is 27.2. The van der Waals surface area contributed by atoms with Crippen molar-refractivity contribution in [3.63, 3.8) is 0 Å². The van der Waals surface area contributed by atoms with Crippen LogP contribution in [-0.2, 0) is 0 Å². The first kappa shape index (κ1) is 31.6. The Labute approximate surface area is 320 Å². The average Bonchev–Trinajstić information content (AvgIpc) is 3.64. The molecule has 0 N–H and O–H groups in total. The van der Waals surface area contributed by atoms with Gasteiger partial charge in [-0.1, -0.05) is 152 Å². The fraction of sp³-hybridized carbons (Fsp3) is 0.0370. The average molecular weight is 701 g/mol. The molecule has 0 aliphatic heterocycles. The molecule has 55 heavy (non-hydrogen) atoms. The molecule has 1 nitrogen and oxygen atoms in total. The predicted molar refractivity (Wildman–Crippen MR) is 232 cm³/mol. The molecule has 0 radical (unpaired) electrons. The normalized spacial score (nSPS) is 16.0. The van der Waals surface area contributed by atoms with Crippen LogP contribution in [0.15, 0.2) is 205 Å². The van der Waals surface area contributed by atoms with Gasteiger partial charge in [-0.05, 0) is 132 Å². The molecule has 258 valence electrons. The minimum Gasteiger partial charge on any atom is -0.456 e. The van der Waals surface area contributed by atoms with E-state index >= 15 is 0 Å². The summed E-state index contributed by atoms with van der Waals surface area (Å²) in [6.07, 6.45) is 11.3. The van der Waals surface area contributed by atoms with E-state index in [-0.39, 0.29) is 11.8 Å². The zero-order valence-electron chi connectivity index (χ0n) is 30.2. The van der Waals surface area contributed by atoms with Crippen molar-refractivity contribution >= 4 is 44.2 Å². The summed E-state index contributed by atoms with van der Waals surface area (Å²) in [5, 5.41) is 6.14. The maximum atomic E-state index is 6.65. The number of hydrogen-bond donors (Lipinski definition) is 0. The van der Waals surface area contributed by atoms with E-state index in [1.807, 2.05) is 0 Å². The summed E-state index contributed by atoms with van der Waals surface area (Å²) in [6, 6.07) is 64.2. The van der Waals surface area contributed by atoms with E-state index < -0.39 is 0 Å². The molecular weight excluding hydrogens is 665 g/mol. The van der Waals surface area contributed by atoms with Crippen LogP contribution in [0, 0.1) is 5.92 Å². The monoisotopic (exact) mass is 700 g/mol. The van der Waals surface area contributed by atoms with Crippen LogP contribution < -0.4 is 0 Å². The lowest BCUT2D eigenvalue weighted by molar-refractivity contribution is 0.581. The molecule has 0 saturated heterocycles. The summed E-state index contributed by atoms with van der Waals surface area (Å²) in [4.78, 5) is 0. The van der Waals surface area contributed by atoms with E-state index in [1.54, 1.807) is 0 Å². The van der Waals surface area contributed by atoms with Crippen molar-refractivity contribution in [2.75, 3.05) is 0 Å². The fourth-order valence-electron chi connectivity index (χ4n) is 8.82. The van der Waals surface area contributed by atoms with Crippen LogP contribution in [0.3, 0.4) is 0 Å². The van der Waals surface area contributed by atoms with Gasteiger partial charge in [0.15, 0.2) is 0 Å². The second kappa shape index (κ2) is 12.9. The molecule has 0 bridgehead atoms. The molecular formula is C54H36O. The van der Waals surface area contributed by atoms with Crippen molar-refractivity contribution in [3.8, 4) is 44.5 Å². The lowest BCUT2D eigenvalue weighted by Crippen LogP contribution is -2.17. The Morgan fingerprint density at radius 2 is 0.836 bits per heavy atom. The van der Waals surface area contributed by atoms with Crippen molar-refractivity contribution in [2.24, 2.45) is 5.92 Å². The lowest BCUT2D eigenvalue weighted by atomic mass is 9.72. The minimum absolute atomic E-state index is 0.205. The lowest BCUT2D eigenvalue weighted by Gasteiger charge is -2.30. The Kier molecular flexibility index (Phi) is 7.38. The molecule has 2 aliphatic rings. The quantitative estimate of drug-likeness (QED) is 0.174. The molecule has 0 amide bonds. The molecule has 1 aromatic heterocycles. The van der Waals surface area contributed by atoms with Gasteiger partial charge in [0.1, 0.15) is 11.3 Å². The Balaban J connectivity index is 1.06. The van der Waals surface area contributed by atoms with Crippen LogP contribution in [0.1, 0.15) is 22.8 Å². The van der Waals surface area contributed by atoms with Gasteiger partial charge in [0, 0.05) is 22.8 Å².